The van der Waals surface area contributed by atoms with E-state index in [-0.39, 0.29) is 4.90 Å². The first-order chi connectivity index (χ1) is 10.3. The molecule has 0 fully saturated rings. The second-order valence-corrected chi connectivity index (χ2v) is 7.83. The van der Waals surface area contributed by atoms with E-state index in [0.29, 0.717) is 12.0 Å². The van der Waals surface area contributed by atoms with E-state index in [1.807, 2.05) is 22.2 Å². The molecule has 0 spiro atoms. The number of sulfonamides is 1. The lowest BCUT2D eigenvalue weighted by Crippen LogP contribution is -2.35. The molecule has 1 heterocycles. The lowest BCUT2D eigenvalue weighted by atomic mass is 10.1. The van der Waals surface area contributed by atoms with Crippen molar-refractivity contribution < 1.29 is 17.6 Å². The van der Waals surface area contributed by atoms with Gasteiger partial charge in [0.25, 0.3) is 10.0 Å². The van der Waals surface area contributed by atoms with E-state index in [9.17, 15) is 17.6 Å². The second kappa shape index (κ2) is 6.58. The van der Waals surface area contributed by atoms with Crippen molar-refractivity contribution in [2.45, 2.75) is 25.2 Å². The summed E-state index contributed by atoms with van der Waals surface area (Å²) in [6, 6.07) is 7.20. The normalized spacial score (nSPS) is 12.9. The number of thiophene rings is 1. The molecular weight excluding hydrogens is 325 g/mol. The van der Waals surface area contributed by atoms with Crippen LogP contribution in [0.2, 0.25) is 0 Å². The highest BCUT2D eigenvalue weighted by molar-refractivity contribution is 7.90. The van der Waals surface area contributed by atoms with Crippen LogP contribution >= 0.6 is 11.3 Å². The van der Waals surface area contributed by atoms with E-state index in [0.717, 1.165) is 10.9 Å². The number of nitrogens with one attached hydrogen (secondary N) is 1. The van der Waals surface area contributed by atoms with Crippen molar-refractivity contribution in [1.29, 1.82) is 0 Å². The summed E-state index contributed by atoms with van der Waals surface area (Å²) in [5, 5.41) is 1.90. The van der Waals surface area contributed by atoms with Crippen LogP contribution in [-0.2, 0) is 21.2 Å². The fourth-order valence-corrected chi connectivity index (χ4v) is 4.00. The summed E-state index contributed by atoms with van der Waals surface area (Å²) in [6.45, 7) is 3.24. The molecule has 2 aromatic rings. The van der Waals surface area contributed by atoms with Gasteiger partial charge in [-0.15, -0.1) is 11.3 Å². The second-order valence-electron chi connectivity index (χ2n) is 5.12. The zero-order valence-electron chi connectivity index (χ0n) is 12.2. The Balaban J connectivity index is 2.12. The molecule has 118 valence electrons. The minimum Gasteiger partial charge on any atom is -0.274 e. The van der Waals surface area contributed by atoms with Crippen LogP contribution in [0.4, 0.5) is 4.39 Å². The SMILES string of the molecule is Cc1cc(F)cc(S(=O)(=O)NC(=O)[C@H](C)Cc2cccs2)c1. The van der Waals surface area contributed by atoms with Crippen LogP contribution in [-0.4, -0.2) is 14.3 Å². The van der Waals surface area contributed by atoms with Gasteiger partial charge in [-0.2, -0.15) is 0 Å². The molecule has 22 heavy (non-hydrogen) atoms. The number of carbonyl (C=O) groups is 1. The molecule has 7 heteroatoms. The smallest absolute Gasteiger partial charge is 0.264 e. The number of halogens is 1. The molecule has 0 aliphatic heterocycles. The fourth-order valence-electron chi connectivity index (χ4n) is 1.97. The average molecular weight is 341 g/mol. The Kier molecular flexibility index (Phi) is 4.97. The van der Waals surface area contributed by atoms with Crippen LogP contribution < -0.4 is 4.72 Å². The molecule has 1 aromatic heterocycles. The topological polar surface area (TPSA) is 63.2 Å². The van der Waals surface area contributed by atoms with Gasteiger partial charge in [0.05, 0.1) is 4.90 Å². The standard InChI is InChI=1S/C15H16FNO3S2/c1-10-6-12(16)9-14(7-10)22(19,20)17-15(18)11(2)8-13-4-3-5-21-13/h3-7,9,11H,8H2,1-2H3,(H,17,18)/t11-/m1/s1. The molecule has 4 nitrogen and oxygen atoms in total. The van der Waals surface area contributed by atoms with Crippen LogP contribution in [0.5, 0.6) is 0 Å². The van der Waals surface area contributed by atoms with E-state index >= 15 is 0 Å². The molecular formula is C15H16FNO3S2. The molecule has 0 saturated carbocycles. The minimum atomic E-state index is -4.06. The van der Waals surface area contributed by atoms with E-state index in [2.05, 4.69) is 0 Å². The van der Waals surface area contributed by atoms with Crippen LogP contribution in [0.1, 0.15) is 17.4 Å². The Morgan fingerprint density at radius 3 is 2.68 bits per heavy atom. The molecule has 0 radical (unpaired) electrons. The Morgan fingerprint density at radius 2 is 2.09 bits per heavy atom. The Bertz CT molecular complexity index is 750. The third-order valence-corrected chi connectivity index (χ3v) is 5.32. The number of hydrogen-bond acceptors (Lipinski definition) is 4. The lowest BCUT2D eigenvalue weighted by molar-refractivity contribution is -0.122. The number of carbonyl (C=O) groups excluding carboxylic acids is 1. The molecule has 2 rings (SSSR count). The van der Waals surface area contributed by atoms with Gasteiger partial charge in [0.15, 0.2) is 0 Å². The molecule has 1 amide bonds. The Labute approximate surface area is 133 Å². The maximum absolute atomic E-state index is 13.3. The van der Waals surface area contributed by atoms with Gasteiger partial charge in [0.2, 0.25) is 5.91 Å². The molecule has 0 aliphatic rings. The minimum absolute atomic E-state index is 0.248. The fraction of sp³-hybridized carbons (Fsp3) is 0.267. The first kappa shape index (κ1) is 16.6. The van der Waals surface area contributed by atoms with Crippen LogP contribution in [0, 0.1) is 18.7 Å². The summed E-state index contributed by atoms with van der Waals surface area (Å²) in [7, 11) is -4.06. The maximum atomic E-state index is 13.3. The van der Waals surface area contributed by atoms with Crippen molar-refractivity contribution in [1.82, 2.24) is 4.72 Å². The molecule has 1 N–H and O–H groups in total. The first-order valence-corrected chi connectivity index (χ1v) is 9.00. The monoisotopic (exact) mass is 341 g/mol. The predicted octanol–water partition coefficient (Wildman–Crippen LogP) is 2.88. The van der Waals surface area contributed by atoms with Gasteiger partial charge in [-0.05, 0) is 48.6 Å². The van der Waals surface area contributed by atoms with Crippen LogP contribution in [0.15, 0.2) is 40.6 Å². The van der Waals surface area contributed by atoms with Crippen molar-refractivity contribution in [3.8, 4) is 0 Å². The van der Waals surface area contributed by atoms with Gasteiger partial charge in [0.1, 0.15) is 5.82 Å². The number of aryl methyl sites for hydroxylation is 1. The molecule has 0 aliphatic carbocycles. The summed E-state index contributed by atoms with van der Waals surface area (Å²) in [4.78, 5) is 12.8. The van der Waals surface area contributed by atoms with Gasteiger partial charge in [0, 0.05) is 10.8 Å². The summed E-state index contributed by atoms with van der Waals surface area (Å²) in [5.41, 5.74) is 0.472. The van der Waals surface area contributed by atoms with Gasteiger partial charge >= 0.3 is 0 Å². The van der Waals surface area contributed by atoms with Crippen molar-refractivity contribution in [2.24, 2.45) is 5.92 Å². The Morgan fingerprint density at radius 1 is 1.36 bits per heavy atom. The van der Waals surface area contributed by atoms with Crippen LogP contribution in [0.25, 0.3) is 0 Å². The van der Waals surface area contributed by atoms with Gasteiger partial charge in [-0.1, -0.05) is 13.0 Å². The largest absolute Gasteiger partial charge is 0.274 e. The quantitative estimate of drug-likeness (QED) is 0.909. The first-order valence-electron chi connectivity index (χ1n) is 6.64. The zero-order valence-corrected chi connectivity index (χ0v) is 13.8. The highest BCUT2D eigenvalue weighted by Gasteiger charge is 2.22. The third-order valence-electron chi connectivity index (χ3n) is 3.10. The lowest BCUT2D eigenvalue weighted by Gasteiger charge is -2.12. The van der Waals surface area contributed by atoms with Crippen molar-refractivity contribution in [3.63, 3.8) is 0 Å². The van der Waals surface area contributed by atoms with Gasteiger partial charge < -0.3 is 0 Å². The molecule has 1 aromatic carbocycles. The van der Waals surface area contributed by atoms with Crippen molar-refractivity contribution >= 4 is 27.3 Å². The molecule has 1 atom stereocenters. The third kappa shape index (κ3) is 4.14. The highest BCUT2D eigenvalue weighted by Crippen LogP contribution is 2.17. The van der Waals surface area contributed by atoms with E-state index in [1.54, 1.807) is 13.8 Å². The highest BCUT2D eigenvalue weighted by atomic mass is 32.2. The Hall–Kier alpha value is -1.73. The summed E-state index contributed by atoms with van der Waals surface area (Å²) >= 11 is 1.51. The van der Waals surface area contributed by atoms with Gasteiger partial charge in [-0.3, -0.25) is 4.79 Å². The van der Waals surface area contributed by atoms with E-state index in [1.165, 1.54) is 23.5 Å². The van der Waals surface area contributed by atoms with E-state index in [4.69, 9.17) is 0 Å². The molecule has 0 bridgehead atoms. The average Bonchev–Trinajstić information content (AvgIpc) is 2.89. The zero-order chi connectivity index (χ0) is 16.3. The molecule has 0 unspecified atom stereocenters. The number of hydrogen-bond donors (Lipinski definition) is 1. The van der Waals surface area contributed by atoms with Crippen molar-refractivity contribution in [3.05, 3.63) is 52.0 Å². The van der Waals surface area contributed by atoms with E-state index < -0.39 is 27.7 Å². The number of benzene rings is 1. The summed E-state index contributed by atoms with van der Waals surface area (Å²) in [5.74, 6) is -1.75. The van der Waals surface area contributed by atoms with Gasteiger partial charge in [-0.25, -0.2) is 17.5 Å². The van der Waals surface area contributed by atoms with Crippen LogP contribution in [0.3, 0.4) is 0 Å². The number of rotatable bonds is 5. The summed E-state index contributed by atoms with van der Waals surface area (Å²) in [6.07, 6.45) is 0.460. The maximum Gasteiger partial charge on any atom is 0.264 e. The number of amides is 1. The predicted molar refractivity (Wildman–Crippen MR) is 83.7 cm³/mol. The molecule has 0 saturated heterocycles. The summed E-state index contributed by atoms with van der Waals surface area (Å²) < 4.78 is 39.7. The van der Waals surface area contributed by atoms with Crippen molar-refractivity contribution in [2.75, 3.05) is 0 Å².